The van der Waals surface area contributed by atoms with Crippen LogP contribution in [0.4, 0.5) is 0 Å². The second kappa shape index (κ2) is 8.98. The van der Waals surface area contributed by atoms with Gasteiger partial charge in [-0.25, -0.2) is 5.01 Å². The monoisotopic (exact) mass is 366 g/mol. The molecule has 0 spiro atoms. The molecule has 1 aliphatic rings. The van der Waals surface area contributed by atoms with Gasteiger partial charge in [0.15, 0.2) is 6.61 Å². The summed E-state index contributed by atoms with van der Waals surface area (Å²) in [7, 11) is 1.59. The molecule has 3 rings (SSSR count). The van der Waals surface area contributed by atoms with Crippen molar-refractivity contribution in [2.24, 2.45) is 5.10 Å². The maximum Gasteiger partial charge on any atom is 0.306 e. The highest BCUT2D eigenvalue weighted by Gasteiger charge is 2.22. The lowest BCUT2D eigenvalue weighted by Crippen LogP contribution is -2.28. The fraction of sp³-hybridized carbons (Fsp3) is 0.286. The molecule has 0 bridgehead atoms. The fourth-order valence-electron chi connectivity index (χ4n) is 2.91. The number of hydrogen-bond acceptors (Lipinski definition) is 5. The van der Waals surface area contributed by atoms with Crippen molar-refractivity contribution in [1.29, 1.82) is 0 Å². The molecule has 2 aromatic carbocycles. The van der Waals surface area contributed by atoms with Crippen LogP contribution in [0.1, 0.15) is 24.0 Å². The van der Waals surface area contributed by atoms with Gasteiger partial charge in [-0.05, 0) is 23.6 Å². The summed E-state index contributed by atoms with van der Waals surface area (Å²) in [5, 5.41) is 5.72. The Hall–Kier alpha value is -3.15. The van der Waals surface area contributed by atoms with Crippen LogP contribution in [0.15, 0.2) is 59.7 Å². The minimum absolute atomic E-state index is 0.187. The van der Waals surface area contributed by atoms with Crippen LogP contribution in [-0.2, 0) is 20.7 Å². The van der Waals surface area contributed by atoms with Crippen molar-refractivity contribution in [3.63, 3.8) is 0 Å². The first-order valence-corrected chi connectivity index (χ1v) is 8.88. The number of hydrazone groups is 1. The van der Waals surface area contributed by atoms with Gasteiger partial charge in [-0.3, -0.25) is 9.59 Å². The van der Waals surface area contributed by atoms with Gasteiger partial charge in [-0.2, -0.15) is 5.10 Å². The number of rotatable bonds is 7. The summed E-state index contributed by atoms with van der Waals surface area (Å²) in [6.45, 7) is 0.207. The topological polar surface area (TPSA) is 68.2 Å². The van der Waals surface area contributed by atoms with E-state index in [1.54, 1.807) is 7.11 Å². The average molecular weight is 366 g/mol. The summed E-state index contributed by atoms with van der Waals surface area (Å²) in [4.78, 5) is 24.2. The molecule has 0 saturated carbocycles. The molecule has 2 aromatic rings. The molecule has 0 saturated heterocycles. The summed E-state index contributed by atoms with van der Waals surface area (Å²) >= 11 is 0. The highest BCUT2D eigenvalue weighted by atomic mass is 16.5. The number of ether oxygens (including phenoxy) is 2. The molecule has 0 N–H and O–H groups in total. The lowest BCUT2D eigenvalue weighted by molar-refractivity contribution is -0.151. The van der Waals surface area contributed by atoms with Crippen LogP contribution < -0.4 is 4.74 Å². The number of methoxy groups -OCH3 is 1. The maximum absolute atomic E-state index is 12.2. The third kappa shape index (κ3) is 4.94. The molecule has 1 aliphatic heterocycles. The van der Waals surface area contributed by atoms with Crippen molar-refractivity contribution in [3.05, 3.63) is 65.7 Å². The summed E-state index contributed by atoms with van der Waals surface area (Å²) < 4.78 is 10.4. The van der Waals surface area contributed by atoms with Crippen molar-refractivity contribution >= 4 is 17.6 Å². The van der Waals surface area contributed by atoms with Gasteiger partial charge < -0.3 is 9.47 Å². The molecule has 1 amide bonds. The van der Waals surface area contributed by atoms with E-state index in [9.17, 15) is 9.59 Å². The Labute approximate surface area is 158 Å². The molecule has 6 heteroatoms. The highest BCUT2D eigenvalue weighted by molar-refractivity contribution is 6.02. The number of carbonyl (C=O) groups excluding carboxylic acids is 2. The van der Waals surface area contributed by atoms with Crippen molar-refractivity contribution in [3.8, 4) is 5.75 Å². The quantitative estimate of drug-likeness (QED) is 0.707. The SMILES string of the molecule is COc1ccccc1CCC(=O)OCC(=O)N1CCC(c2ccccc2)=N1. The molecule has 0 atom stereocenters. The summed E-state index contributed by atoms with van der Waals surface area (Å²) in [5.74, 6) is 0.00788. The summed E-state index contributed by atoms with van der Waals surface area (Å²) in [6.07, 6.45) is 1.38. The van der Waals surface area contributed by atoms with Crippen LogP contribution in [0.5, 0.6) is 5.75 Å². The van der Waals surface area contributed by atoms with Gasteiger partial charge in [0, 0.05) is 12.8 Å². The van der Waals surface area contributed by atoms with E-state index >= 15 is 0 Å². The van der Waals surface area contributed by atoms with Gasteiger partial charge in [-0.15, -0.1) is 0 Å². The van der Waals surface area contributed by atoms with Crippen LogP contribution in [0.25, 0.3) is 0 Å². The van der Waals surface area contributed by atoms with Gasteiger partial charge in [-0.1, -0.05) is 48.5 Å². The van der Waals surface area contributed by atoms with Crippen LogP contribution >= 0.6 is 0 Å². The number of hydrogen-bond donors (Lipinski definition) is 0. The molecule has 140 valence electrons. The third-order valence-electron chi connectivity index (χ3n) is 4.34. The van der Waals surface area contributed by atoms with E-state index in [4.69, 9.17) is 9.47 Å². The Balaban J connectivity index is 1.46. The molecule has 27 heavy (non-hydrogen) atoms. The minimum Gasteiger partial charge on any atom is -0.496 e. The predicted octanol–water partition coefficient (Wildman–Crippen LogP) is 2.81. The Morgan fingerprint density at radius 2 is 1.81 bits per heavy atom. The van der Waals surface area contributed by atoms with Gasteiger partial charge in [0.05, 0.1) is 19.4 Å². The Morgan fingerprint density at radius 3 is 2.59 bits per heavy atom. The zero-order valence-electron chi connectivity index (χ0n) is 15.3. The van der Waals surface area contributed by atoms with Crippen molar-refractivity contribution < 1.29 is 19.1 Å². The molecule has 1 heterocycles. The maximum atomic E-state index is 12.2. The molecule has 0 fully saturated rings. The largest absolute Gasteiger partial charge is 0.496 e. The van der Waals surface area contributed by atoms with E-state index < -0.39 is 5.97 Å². The molecule has 0 radical (unpaired) electrons. The second-order valence-electron chi connectivity index (χ2n) is 6.15. The average Bonchev–Trinajstić information content (AvgIpc) is 3.21. The van der Waals surface area contributed by atoms with Gasteiger partial charge in [0.1, 0.15) is 5.75 Å². The first-order chi connectivity index (χ1) is 13.2. The number of aryl methyl sites for hydroxylation is 1. The van der Waals surface area contributed by atoms with Crippen LogP contribution in [-0.4, -0.2) is 42.9 Å². The minimum atomic E-state index is -0.416. The number of carbonyl (C=O) groups is 2. The number of amides is 1. The highest BCUT2D eigenvalue weighted by Crippen LogP contribution is 2.19. The van der Waals surface area contributed by atoms with Gasteiger partial charge in [0.2, 0.25) is 0 Å². The Morgan fingerprint density at radius 1 is 1.07 bits per heavy atom. The summed E-state index contributed by atoms with van der Waals surface area (Å²) in [5.41, 5.74) is 2.80. The molecule has 0 aromatic heterocycles. The van der Waals surface area contributed by atoms with Crippen molar-refractivity contribution in [1.82, 2.24) is 5.01 Å². The van der Waals surface area contributed by atoms with E-state index in [-0.39, 0.29) is 18.9 Å². The second-order valence-corrected chi connectivity index (χ2v) is 6.15. The predicted molar refractivity (Wildman–Crippen MR) is 102 cm³/mol. The van der Waals surface area contributed by atoms with Crippen LogP contribution in [0, 0.1) is 0 Å². The smallest absolute Gasteiger partial charge is 0.306 e. The number of para-hydroxylation sites is 1. The Bertz CT molecular complexity index is 833. The number of nitrogens with zero attached hydrogens (tertiary/aromatic N) is 2. The normalized spacial score (nSPS) is 13.2. The van der Waals surface area contributed by atoms with Gasteiger partial charge in [0.25, 0.3) is 5.91 Å². The molecule has 0 unspecified atom stereocenters. The van der Waals surface area contributed by atoms with E-state index in [1.807, 2.05) is 54.6 Å². The van der Waals surface area contributed by atoms with E-state index in [2.05, 4.69) is 5.10 Å². The summed E-state index contributed by atoms with van der Waals surface area (Å²) in [6, 6.07) is 17.3. The Kier molecular flexibility index (Phi) is 6.20. The van der Waals surface area contributed by atoms with Gasteiger partial charge >= 0.3 is 5.97 Å². The van der Waals surface area contributed by atoms with E-state index in [0.29, 0.717) is 19.4 Å². The standard InChI is InChI=1S/C21H22N2O4/c1-26-19-10-6-5-9-17(19)11-12-21(25)27-15-20(24)23-14-13-18(22-23)16-7-3-2-4-8-16/h2-10H,11-15H2,1H3. The fourth-order valence-corrected chi connectivity index (χ4v) is 2.91. The van der Waals surface area contributed by atoms with Crippen molar-refractivity contribution in [2.75, 3.05) is 20.3 Å². The van der Waals surface area contributed by atoms with E-state index in [1.165, 1.54) is 5.01 Å². The van der Waals surface area contributed by atoms with Crippen molar-refractivity contribution in [2.45, 2.75) is 19.3 Å². The molecular weight excluding hydrogens is 344 g/mol. The van der Waals surface area contributed by atoms with Crippen LogP contribution in [0.2, 0.25) is 0 Å². The molecule has 6 nitrogen and oxygen atoms in total. The lowest BCUT2D eigenvalue weighted by atomic mass is 10.1. The first-order valence-electron chi connectivity index (χ1n) is 8.88. The number of benzene rings is 2. The zero-order chi connectivity index (χ0) is 19.1. The lowest BCUT2D eigenvalue weighted by Gasteiger charge is -2.12. The molecule has 0 aliphatic carbocycles. The number of esters is 1. The van der Waals surface area contributed by atoms with E-state index in [0.717, 1.165) is 22.6 Å². The third-order valence-corrected chi connectivity index (χ3v) is 4.34. The van der Waals surface area contributed by atoms with Crippen LogP contribution in [0.3, 0.4) is 0 Å². The first kappa shape index (κ1) is 18.6. The molecular formula is C21H22N2O4. The zero-order valence-corrected chi connectivity index (χ0v) is 15.3.